The molecule has 0 unspecified atom stereocenters. The maximum Gasteiger partial charge on any atom is 0.265 e. The molecule has 0 saturated carbocycles. The van der Waals surface area contributed by atoms with E-state index in [0.717, 1.165) is 15.6 Å². The number of benzene rings is 3. The van der Waals surface area contributed by atoms with Gasteiger partial charge in [-0.3, -0.25) is 13.9 Å². The number of carbonyl (C=O) groups excluding carboxylic acids is 1. The SMILES string of the molecule is CCN(c1ccc2sc(C(=O)Nc3cccc(-c4nc(C)cc(=O)[nH]4)c3)cc2c1)S(=O)(=O)c1ccc(C)cc1. The van der Waals surface area contributed by atoms with Crippen LogP contribution in [0.4, 0.5) is 11.4 Å². The average Bonchev–Trinajstić information content (AvgIpc) is 3.33. The minimum absolute atomic E-state index is 0.229. The van der Waals surface area contributed by atoms with Crippen LogP contribution in [0.2, 0.25) is 0 Å². The van der Waals surface area contributed by atoms with Crippen molar-refractivity contribution in [2.45, 2.75) is 25.7 Å². The number of H-pyrrole nitrogens is 1. The molecule has 2 heterocycles. The fourth-order valence-corrected chi connectivity index (χ4v) is 6.68. The van der Waals surface area contributed by atoms with Gasteiger partial charge in [0.05, 0.1) is 15.5 Å². The largest absolute Gasteiger partial charge is 0.321 e. The van der Waals surface area contributed by atoms with E-state index in [0.29, 0.717) is 33.3 Å². The summed E-state index contributed by atoms with van der Waals surface area (Å²) in [6.07, 6.45) is 0. The van der Waals surface area contributed by atoms with Gasteiger partial charge in [0.1, 0.15) is 5.82 Å². The standard InChI is InChI=1S/C29H26N4O4S2/c1-4-33(39(36,37)24-11-8-18(2)9-12-24)23-10-13-25-21(16-23)17-26(38-25)29(35)31-22-7-5-6-20(15-22)28-30-19(3)14-27(34)32-28/h5-17H,4H2,1-3H3,(H,31,35)(H,30,32,34). The third-order valence-corrected chi connectivity index (χ3v) is 9.20. The van der Waals surface area contributed by atoms with Gasteiger partial charge < -0.3 is 10.3 Å². The van der Waals surface area contributed by atoms with Gasteiger partial charge in [-0.05, 0) is 74.7 Å². The van der Waals surface area contributed by atoms with Crippen LogP contribution in [-0.2, 0) is 10.0 Å². The Morgan fingerprint density at radius 2 is 1.77 bits per heavy atom. The van der Waals surface area contributed by atoms with Crippen molar-refractivity contribution in [2.24, 2.45) is 0 Å². The molecule has 5 rings (SSSR count). The molecule has 0 aliphatic carbocycles. The highest BCUT2D eigenvalue weighted by Gasteiger charge is 2.24. The minimum atomic E-state index is -3.74. The third kappa shape index (κ3) is 5.47. The molecule has 0 aliphatic heterocycles. The van der Waals surface area contributed by atoms with E-state index in [4.69, 9.17) is 0 Å². The lowest BCUT2D eigenvalue weighted by Gasteiger charge is -2.23. The number of nitrogens with zero attached hydrogens (tertiary/aromatic N) is 2. The molecule has 39 heavy (non-hydrogen) atoms. The number of fused-ring (bicyclic) bond motifs is 1. The Bertz CT molecular complexity index is 1860. The second-order valence-corrected chi connectivity index (χ2v) is 12.0. The van der Waals surface area contributed by atoms with Crippen molar-refractivity contribution in [1.29, 1.82) is 0 Å². The Kier molecular flexibility index (Phi) is 7.07. The van der Waals surface area contributed by atoms with E-state index in [-0.39, 0.29) is 22.9 Å². The smallest absolute Gasteiger partial charge is 0.265 e. The molecule has 5 aromatic rings. The van der Waals surface area contributed by atoms with Crippen LogP contribution in [0.5, 0.6) is 0 Å². The van der Waals surface area contributed by atoms with Gasteiger partial charge in [0.2, 0.25) is 0 Å². The van der Waals surface area contributed by atoms with Crippen molar-refractivity contribution in [2.75, 3.05) is 16.2 Å². The molecule has 0 spiro atoms. The number of aromatic amines is 1. The van der Waals surface area contributed by atoms with E-state index in [2.05, 4.69) is 15.3 Å². The molecule has 0 atom stereocenters. The van der Waals surface area contributed by atoms with Gasteiger partial charge in [0, 0.05) is 34.3 Å². The molecule has 3 aromatic carbocycles. The van der Waals surface area contributed by atoms with E-state index in [1.165, 1.54) is 21.7 Å². The molecule has 2 N–H and O–H groups in total. The number of nitrogens with one attached hydrogen (secondary N) is 2. The molecule has 8 nitrogen and oxygen atoms in total. The van der Waals surface area contributed by atoms with Crippen molar-refractivity contribution < 1.29 is 13.2 Å². The number of hydrogen-bond acceptors (Lipinski definition) is 6. The van der Waals surface area contributed by atoms with Crippen molar-refractivity contribution in [3.8, 4) is 11.4 Å². The van der Waals surface area contributed by atoms with Crippen LogP contribution in [0, 0.1) is 13.8 Å². The van der Waals surface area contributed by atoms with Gasteiger partial charge in [-0.25, -0.2) is 13.4 Å². The zero-order chi connectivity index (χ0) is 27.7. The van der Waals surface area contributed by atoms with E-state index in [9.17, 15) is 18.0 Å². The van der Waals surface area contributed by atoms with Crippen molar-refractivity contribution in [3.63, 3.8) is 0 Å². The van der Waals surface area contributed by atoms with Crippen LogP contribution < -0.4 is 15.2 Å². The molecular weight excluding hydrogens is 532 g/mol. The second-order valence-electron chi connectivity index (χ2n) is 9.09. The number of anilines is 2. The van der Waals surface area contributed by atoms with Gasteiger partial charge in [0.25, 0.3) is 21.5 Å². The summed E-state index contributed by atoms with van der Waals surface area (Å²) in [4.78, 5) is 32.7. The number of amides is 1. The normalized spacial score (nSPS) is 11.5. The summed E-state index contributed by atoms with van der Waals surface area (Å²) in [6, 6.07) is 22.4. The van der Waals surface area contributed by atoms with Crippen molar-refractivity contribution >= 4 is 48.7 Å². The highest BCUT2D eigenvalue weighted by atomic mass is 32.2. The lowest BCUT2D eigenvalue weighted by Crippen LogP contribution is -2.30. The molecule has 0 aliphatic rings. The highest BCUT2D eigenvalue weighted by molar-refractivity contribution is 7.92. The van der Waals surface area contributed by atoms with Crippen LogP contribution >= 0.6 is 11.3 Å². The van der Waals surface area contributed by atoms with E-state index in [1.807, 2.05) is 13.0 Å². The van der Waals surface area contributed by atoms with Gasteiger partial charge in [-0.2, -0.15) is 0 Å². The average molecular weight is 559 g/mol. The maximum absolute atomic E-state index is 13.3. The summed E-state index contributed by atoms with van der Waals surface area (Å²) in [5.74, 6) is 0.131. The summed E-state index contributed by atoms with van der Waals surface area (Å²) in [5.41, 5.74) is 3.09. The fourth-order valence-electron chi connectivity index (χ4n) is 4.28. The first-order valence-electron chi connectivity index (χ1n) is 12.3. The highest BCUT2D eigenvalue weighted by Crippen LogP contribution is 2.32. The zero-order valence-electron chi connectivity index (χ0n) is 21.6. The van der Waals surface area contributed by atoms with Crippen molar-refractivity contribution in [1.82, 2.24) is 9.97 Å². The molecule has 0 bridgehead atoms. The molecule has 0 saturated heterocycles. The number of thiophene rings is 1. The summed E-state index contributed by atoms with van der Waals surface area (Å²) < 4.78 is 28.9. The van der Waals surface area contributed by atoms with E-state index >= 15 is 0 Å². The maximum atomic E-state index is 13.3. The third-order valence-electron chi connectivity index (χ3n) is 6.17. The van der Waals surface area contributed by atoms with Crippen LogP contribution in [0.3, 0.4) is 0 Å². The Labute approximate surface area is 230 Å². The fraction of sp³-hybridized carbons (Fsp3) is 0.138. The van der Waals surface area contributed by atoms with Gasteiger partial charge in [0.15, 0.2) is 0 Å². The Morgan fingerprint density at radius 1 is 1.00 bits per heavy atom. The zero-order valence-corrected chi connectivity index (χ0v) is 23.2. The van der Waals surface area contributed by atoms with Gasteiger partial charge >= 0.3 is 0 Å². The number of aryl methyl sites for hydroxylation is 2. The minimum Gasteiger partial charge on any atom is -0.321 e. The first kappa shape index (κ1) is 26.3. The van der Waals surface area contributed by atoms with Gasteiger partial charge in [-0.15, -0.1) is 11.3 Å². The van der Waals surface area contributed by atoms with E-state index in [1.54, 1.807) is 80.6 Å². The number of carbonyl (C=O) groups is 1. The van der Waals surface area contributed by atoms with Crippen LogP contribution in [0.25, 0.3) is 21.5 Å². The molecule has 198 valence electrons. The first-order valence-corrected chi connectivity index (χ1v) is 14.5. The number of hydrogen-bond donors (Lipinski definition) is 2. The van der Waals surface area contributed by atoms with Crippen LogP contribution in [-0.4, -0.2) is 30.8 Å². The molecule has 1 amide bonds. The van der Waals surface area contributed by atoms with E-state index < -0.39 is 10.0 Å². The quantitative estimate of drug-likeness (QED) is 0.265. The predicted octanol–water partition coefficient (Wildman–Crippen LogP) is 5.74. The number of sulfonamides is 1. The van der Waals surface area contributed by atoms with Crippen LogP contribution in [0.15, 0.2) is 88.6 Å². The van der Waals surface area contributed by atoms with Crippen LogP contribution in [0.1, 0.15) is 27.9 Å². The molecule has 0 fully saturated rings. The number of aromatic nitrogens is 2. The monoisotopic (exact) mass is 558 g/mol. The predicted molar refractivity (Wildman–Crippen MR) is 156 cm³/mol. The van der Waals surface area contributed by atoms with Crippen molar-refractivity contribution in [3.05, 3.63) is 105 Å². The summed E-state index contributed by atoms with van der Waals surface area (Å²) in [7, 11) is -3.74. The Hall–Kier alpha value is -4.28. The van der Waals surface area contributed by atoms with Gasteiger partial charge in [-0.1, -0.05) is 29.8 Å². The summed E-state index contributed by atoms with van der Waals surface area (Å²) in [5, 5.41) is 3.68. The molecule has 10 heteroatoms. The molecular formula is C29H26N4O4S2. The molecule has 0 radical (unpaired) electrons. The topological polar surface area (TPSA) is 112 Å². The lowest BCUT2D eigenvalue weighted by atomic mass is 10.2. The summed E-state index contributed by atoms with van der Waals surface area (Å²) in [6.45, 7) is 5.70. The summed E-state index contributed by atoms with van der Waals surface area (Å²) >= 11 is 1.32. The Morgan fingerprint density at radius 3 is 2.49 bits per heavy atom. The second kappa shape index (κ2) is 10.5. The number of rotatable bonds is 7. The molecule has 2 aromatic heterocycles. The first-order chi connectivity index (χ1) is 18.6. The lowest BCUT2D eigenvalue weighted by molar-refractivity contribution is 0.103. The Balaban J connectivity index is 1.40.